The number of unbranched alkanes of at least 4 members (excludes halogenated alkanes) is 5. The van der Waals surface area contributed by atoms with Crippen molar-refractivity contribution in [2.75, 3.05) is 12.3 Å². The van der Waals surface area contributed by atoms with Crippen LogP contribution in [0.3, 0.4) is 0 Å². The van der Waals surface area contributed by atoms with E-state index in [0.717, 1.165) is 24.3 Å². The second-order valence-electron chi connectivity index (χ2n) is 6.39. The highest BCUT2D eigenvalue weighted by Crippen LogP contribution is 2.27. The number of ether oxygens (including phenoxy) is 1. The van der Waals surface area contributed by atoms with Gasteiger partial charge in [0.25, 0.3) is 0 Å². The average Bonchev–Trinajstić information content (AvgIpc) is 2.56. The van der Waals surface area contributed by atoms with E-state index in [4.69, 9.17) is 16.2 Å². The van der Waals surface area contributed by atoms with Crippen molar-refractivity contribution in [1.29, 1.82) is 0 Å². The van der Waals surface area contributed by atoms with Crippen molar-refractivity contribution in [2.24, 2.45) is 5.73 Å². The molecule has 1 aliphatic carbocycles. The van der Waals surface area contributed by atoms with Crippen LogP contribution in [-0.4, -0.2) is 12.3 Å². The Bertz CT molecular complexity index is 533. The van der Waals surface area contributed by atoms with Gasteiger partial charge >= 0.3 is 0 Å². The number of nitrogen functional groups attached to an aromatic ring is 1. The van der Waals surface area contributed by atoms with Gasteiger partial charge in [0, 0.05) is 18.7 Å². The van der Waals surface area contributed by atoms with Crippen LogP contribution in [0.2, 0.25) is 0 Å². The Balaban J connectivity index is 1.74. The summed E-state index contributed by atoms with van der Waals surface area (Å²) < 4.78 is 5.91. The van der Waals surface area contributed by atoms with Gasteiger partial charge in [-0.3, -0.25) is 5.73 Å². The molecule has 0 saturated heterocycles. The third-order valence-electron chi connectivity index (χ3n) is 4.30. The quantitative estimate of drug-likeness (QED) is 0.396. The van der Waals surface area contributed by atoms with Gasteiger partial charge in [0.2, 0.25) is 0 Å². The summed E-state index contributed by atoms with van der Waals surface area (Å²) in [5.41, 5.74) is 14.5. The van der Waals surface area contributed by atoms with Crippen LogP contribution < -0.4 is 11.5 Å². The smallest absolute Gasteiger partial charge is 0.139 e. The topological polar surface area (TPSA) is 61.3 Å². The maximum absolute atomic E-state index is 6.31. The van der Waals surface area contributed by atoms with Gasteiger partial charge in [-0.15, -0.1) is 0 Å². The monoisotopic (exact) mass is 314 g/mol. The van der Waals surface area contributed by atoms with Crippen molar-refractivity contribution in [3.8, 4) is 0 Å². The second-order valence-corrected chi connectivity index (χ2v) is 6.39. The standard InChI is InChI=1S/C20H30N2O/c1-2-3-4-5-6-7-16-23-20(22)14-12-18(13-15-20)17-8-10-19(21)11-9-17/h8-14H,2-7,15-16,21-22H2,1H3. The molecule has 1 aromatic carbocycles. The van der Waals surface area contributed by atoms with Crippen molar-refractivity contribution < 1.29 is 4.74 Å². The van der Waals surface area contributed by atoms with E-state index < -0.39 is 5.72 Å². The fourth-order valence-electron chi connectivity index (χ4n) is 2.78. The summed E-state index contributed by atoms with van der Waals surface area (Å²) in [6, 6.07) is 7.91. The predicted molar refractivity (Wildman–Crippen MR) is 98.8 cm³/mol. The SMILES string of the molecule is CCCCCCCCOC1(N)C=CC(c2ccc(N)cc2)=CC1. The third kappa shape index (κ3) is 5.85. The molecule has 0 aliphatic heterocycles. The Labute approximate surface area is 140 Å². The van der Waals surface area contributed by atoms with Crippen LogP contribution in [0.15, 0.2) is 42.5 Å². The highest BCUT2D eigenvalue weighted by atomic mass is 16.5. The first-order chi connectivity index (χ1) is 11.1. The van der Waals surface area contributed by atoms with Crippen molar-refractivity contribution >= 4 is 11.3 Å². The minimum absolute atomic E-state index is 0.652. The molecule has 0 heterocycles. The summed E-state index contributed by atoms with van der Waals surface area (Å²) in [6.07, 6.45) is 14.5. The molecule has 2 rings (SSSR count). The molecule has 0 bridgehead atoms. The van der Waals surface area contributed by atoms with Crippen molar-refractivity contribution in [3.05, 3.63) is 48.1 Å². The van der Waals surface area contributed by atoms with E-state index in [9.17, 15) is 0 Å². The van der Waals surface area contributed by atoms with E-state index >= 15 is 0 Å². The maximum atomic E-state index is 6.31. The minimum Gasteiger partial charge on any atom is -0.399 e. The van der Waals surface area contributed by atoms with Crippen LogP contribution >= 0.6 is 0 Å². The molecule has 1 atom stereocenters. The molecule has 0 fully saturated rings. The summed E-state index contributed by atoms with van der Waals surface area (Å²) in [4.78, 5) is 0. The third-order valence-corrected chi connectivity index (χ3v) is 4.30. The zero-order valence-electron chi connectivity index (χ0n) is 14.3. The van der Waals surface area contributed by atoms with E-state index in [1.54, 1.807) is 0 Å². The molecule has 0 aromatic heterocycles. The Morgan fingerprint density at radius 2 is 1.74 bits per heavy atom. The maximum Gasteiger partial charge on any atom is 0.139 e. The van der Waals surface area contributed by atoms with Gasteiger partial charge < -0.3 is 10.5 Å². The van der Waals surface area contributed by atoms with E-state index in [0.29, 0.717) is 6.42 Å². The summed E-state index contributed by atoms with van der Waals surface area (Å²) in [6.45, 7) is 2.97. The highest BCUT2D eigenvalue weighted by Gasteiger charge is 2.23. The Kier molecular flexibility index (Phi) is 6.87. The van der Waals surface area contributed by atoms with Gasteiger partial charge in [-0.1, -0.05) is 63.3 Å². The number of benzene rings is 1. The van der Waals surface area contributed by atoms with E-state index in [1.807, 2.05) is 30.3 Å². The van der Waals surface area contributed by atoms with E-state index in [2.05, 4.69) is 19.1 Å². The molecule has 1 aliphatic rings. The summed E-state index contributed by atoms with van der Waals surface area (Å²) in [5, 5.41) is 0. The first-order valence-corrected chi connectivity index (χ1v) is 8.81. The zero-order chi connectivity index (χ0) is 16.5. The largest absolute Gasteiger partial charge is 0.399 e. The molecular weight excluding hydrogens is 284 g/mol. The molecule has 1 unspecified atom stereocenters. The lowest BCUT2D eigenvalue weighted by Gasteiger charge is -2.28. The number of anilines is 1. The molecule has 0 amide bonds. The van der Waals surface area contributed by atoms with E-state index in [1.165, 1.54) is 37.7 Å². The van der Waals surface area contributed by atoms with Crippen LogP contribution in [0, 0.1) is 0 Å². The van der Waals surface area contributed by atoms with Crippen LogP contribution in [0.4, 0.5) is 5.69 Å². The lowest BCUT2D eigenvalue weighted by Crippen LogP contribution is -2.41. The molecule has 0 radical (unpaired) electrons. The number of rotatable bonds is 9. The fourth-order valence-corrected chi connectivity index (χ4v) is 2.78. The molecule has 4 N–H and O–H groups in total. The molecule has 23 heavy (non-hydrogen) atoms. The predicted octanol–water partition coefficient (Wildman–Crippen LogP) is 4.64. The van der Waals surface area contributed by atoms with Gasteiger partial charge in [-0.25, -0.2) is 0 Å². The van der Waals surface area contributed by atoms with Crippen molar-refractivity contribution in [1.82, 2.24) is 0 Å². The number of allylic oxidation sites excluding steroid dienone is 2. The van der Waals surface area contributed by atoms with Gasteiger partial charge in [0.15, 0.2) is 0 Å². The van der Waals surface area contributed by atoms with Gasteiger partial charge in [0.05, 0.1) is 0 Å². The molecule has 126 valence electrons. The average molecular weight is 314 g/mol. The van der Waals surface area contributed by atoms with E-state index in [-0.39, 0.29) is 0 Å². The Morgan fingerprint density at radius 1 is 1.04 bits per heavy atom. The summed E-state index contributed by atoms with van der Waals surface area (Å²) in [5.74, 6) is 0. The van der Waals surface area contributed by atoms with Crippen molar-refractivity contribution in [3.63, 3.8) is 0 Å². The number of hydrogen-bond donors (Lipinski definition) is 2. The highest BCUT2D eigenvalue weighted by molar-refractivity contribution is 5.76. The van der Waals surface area contributed by atoms with Crippen LogP contribution in [0.25, 0.3) is 5.57 Å². The van der Waals surface area contributed by atoms with Gasteiger partial charge in [-0.2, -0.15) is 0 Å². The number of nitrogens with two attached hydrogens (primary N) is 2. The van der Waals surface area contributed by atoms with Crippen molar-refractivity contribution in [2.45, 2.75) is 57.6 Å². The van der Waals surface area contributed by atoms with Gasteiger partial charge in [-0.05, 0) is 35.8 Å². The fraction of sp³-hybridized carbons (Fsp3) is 0.500. The first kappa shape index (κ1) is 17.8. The summed E-state index contributed by atoms with van der Waals surface area (Å²) in [7, 11) is 0. The van der Waals surface area contributed by atoms with Gasteiger partial charge in [0.1, 0.15) is 5.72 Å². The normalized spacial score (nSPS) is 20.5. The molecule has 3 heteroatoms. The lowest BCUT2D eigenvalue weighted by atomic mass is 9.95. The van der Waals surface area contributed by atoms with Crippen LogP contribution in [0.1, 0.15) is 57.4 Å². The molecule has 0 spiro atoms. The second kappa shape index (κ2) is 8.90. The molecule has 1 aromatic rings. The lowest BCUT2D eigenvalue weighted by molar-refractivity contribution is -0.00419. The Hall–Kier alpha value is -1.58. The number of hydrogen-bond acceptors (Lipinski definition) is 3. The molecule has 0 saturated carbocycles. The first-order valence-electron chi connectivity index (χ1n) is 8.81. The molecule has 3 nitrogen and oxygen atoms in total. The molecular formula is C20H30N2O. The van der Waals surface area contributed by atoms with Crippen LogP contribution in [-0.2, 0) is 4.74 Å². The zero-order valence-corrected chi connectivity index (χ0v) is 14.3. The Morgan fingerprint density at radius 3 is 2.39 bits per heavy atom. The minimum atomic E-state index is -0.652. The van der Waals surface area contributed by atoms with Crippen LogP contribution in [0.5, 0.6) is 0 Å². The summed E-state index contributed by atoms with van der Waals surface area (Å²) >= 11 is 0.